The number of carboxylic acid groups (broad SMARTS) is 1. The molecular weight excluding hydrogens is 497 g/mol. The summed E-state index contributed by atoms with van der Waals surface area (Å²) in [5, 5.41) is 13.9. The van der Waals surface area contributed by atoms with Gasteiger partial charge in [-0.1, -0.05) is 39.0 Å². The number of carboxylic acids is 1. The lowest BCUT2D eigenvalue weighted by Gasteiger charge is -2.31. The Labute approximate surface area is 216 Å². The zero-order chi connectivity index (χ0) is 26.5. The number of rotatable bonds is 14. The highest BCUT2D eigenvalue weighted by atomic mass is 35.5. The van der Waals surface area contributed by atoms with Gasteiger partial charge in [-0.2, -0.15) is 0 Å². The second kappa shape index (κ2) is 15.6. The minimum absolute atomic E-state index is 0.00710. The Morgan fingerprint density at radius 2 is 1.89 bits per heavy atom. The lowest BCUT2D eigenvalue weighted by atomic mass is 10.0. The van der Waals surface area contributed by atoms with Crippen molar-refractivity contribution in [1.82, 2.24) is 15.5 Å². The largest absolute Gasteiger partial charge is 0.481 e. The van der Waals surface area contributed by atoms with Crippen LogP contribution in [0.5, 0.6) is 0 Å². The molecule has 0 saturated carbocycles. The van der Waals surface area contributed by atoms with Gasteiger partial charge in [-0.15, -0.1) is 23.2 Å². The molecule has 1 rings (SSSR count). The molecule has 0 aromatic rings. The van der Waals surface area contributed by atoms with Crippen LogP contribution in [0.25, 0.3) is 0 Å². The molecule has 1 heterocycles. The first-order chi connectivity index (χ1) is 16.5. The number of aldehydes is 1. The third-order valence-corrected chi connectivity index (χ3v) is 6.20. The smallest absolute Gasteiger partial charge is 0.305 e. The number of hydrogen-bond donors (Lipinski definition) is 3. The lowest BCUT2D eigenvalue weighted by Crippen LogP contribution is -2.56. The fourth-order valence-electron chi connectivity index (χ4n) is 3.67. The van der Waals surface area contributed by atoms with Gasteiger partial charge in [0.15, 0.2) is 0 Å². The molecule has 3 N–H and O–H groups in total. The monoisotopic (exact) mass is 531 g/mol. The molecule has 11 heteroatoms. The normalized spacial score (nSPS) is 18.9. The van der Waals surface area contributed by atoms with E-state index in [4.69, 9.17) is 28.3 Å². The van der Waals surface area contributed by atoms with E-state index in [1.807, 2.05) is 6.92 Å². The average molecular weight is 532 g/mol. The van der Waals surface area contributed by atoms with Crippen LogP contribution in [-0.2, 0) is 24.0 Å². The second-order valence-electron chi connectivity index (χ2n) is 8.72. The Kier molecular flexibility index (Phi) is 13.6. The van der Waals surface area contributed by atoms with E-state index >= 15 is 0 Å². The molecule has 2 unspecified atom stereocenters. The summed E-state index contributed by atoms with van der Waals surface area (Å²) in [5.74, 6) is -2.63. The highest BCUT2D eigenvalue weighted by Crippen LogP contribution is 2.21. The van der Waals surface area contributed by atoms with E-state index in [9.17, 15) is 24.0 Å². The number of nitrogens with zero attached hydrogens (tertiary/aromatic N) is 1. The molecule has 35 heavy (non-hydrogen) atoms. The van der Waals surface area contributed by atoms with Gasteiger partial charge in [0.1, 0.15) is 18.4 Å². The van der Waals surface area contributed by atoms with Gasteiger partial charge >= 0.3 is 5.97 Å². The number of alkyl halides is 2. The molecule has 0 spiro atoms. The van der Waals surface area contributed by atoms with E-state index in [0.717, 1.165) is 6.42 Å². The SMILES string of the molecule is CCC(Cl)/C=C\C(=C/CCl)CC(=O)N[C@H](C(=O)N1CCCC1C(=O)N[C@H](C=O)CC(=O)O)C(C)C. The average Bonchev–Trinajstić information content (AvgIpc) is 3.29. The first-order valence-corrected chi connectivity index (χ1v) is 12.7. The summed E-state index contributed by atoms with van der Waals surface area (Å²) in [4.78, 5) is 62.2. The van der Waals surface area contributed by atoms with Crippen molar-refractivity contribution in [2.45, 2.75) is 76.4 Å². The molecular formula is C24H35Cl2N3O6. The Hall–Kier alpha value is -2.39. The molecule has 196 valence electrons. The highest BCUT2D eigenvalue weighted by Gasteiger charge is 2.39. The third kappa shape index (κ3) is 10.4. The van der Waals surface area contributed by atoms with Gasteiger partial charge in [0.25, 0.3) is 0 Å². The minimum atomic E-state index is -1.22. The highest BCUT2D eigenvalue weighted by molar-refractivity contribution is 6.21. The van der Waals surface area contributed by atoms with Gasteiger partial charge < -0.3 is 25.4 Å². The number of amides is 3. The summed E-state index contributed by atoms with van der Waals surface area (Å²) in [7, 11) is 0. The third-order valence-electron chi connectivity index (χ3n) is 5.59. The van der Waals surface area contributed by atoms with Crippen LogP contribution in [0, 0.1) is 5.92 Å². The number of nitrogens with one attached hydrogen (secondary N) is 2. The first-order valence-electron chi connectivity index (χ1n) is 11.7. The Morgan fingerprint density at radius 1 is 1.20 bits per heavy atom. The van der Waals surface area contributed by atoms with E-state index < -0.39 is 42.3 Å². The molecule has 0 aromatic heterocycles. The number of allylic oxidation sites excluding steroid dienone is 3. The van der Waals surface area contributed by atoms with Crippen LogP contribution in [-0.4, -0.2) is 75.9 Å². The Bertz CT molecular complexity index is 830. The van der Waals surface area contributed by atoms with Crippen molar-refractivity contribution in [3.05, 3.63) is 23.8 Å². The lowest BCUT2D eigenvalue weighted by molar-refractivity contribution is -0.143. The summed E-state index contributed by atoms with van der Waals surface area (Å²) >= 11 is 11.9. The van der Waals surface area contributed by atoms with Gasteiger partial charge in [0.2, 0.25) is 17.7 Å². The van der Waals surface area contributed by atoms with Crippen LogP contribution in [0.3, 0.4) is 0 Å². The molecule has 1 aliphatic heterocycles. The van der Waals surface area contributed by atoms with Crippen LogP contribution in [0.15, 0.2) is 23.8 Å². The first kappa shape index (κ1) is 30.6. The van der Waals surface area contributed by atoms with Gasteiger partial charge in [-0.3, -0.25) is 19.2 Å². The zero-order valence-electron chi connectivity index (χ0n) is 20.3. The maximum absolute atomic E-state index is 13.3. The van der Waals surface area contributed by atoms with Crippen molar-refractivity contribution in [2.24, 2.45) is 5.92 Å². The second-order valence-corrected chi connectivity index (χ2v) is 9.59. The predicted molar refractivity (Wildman–Crippen MR) is 134 cm³/mol. The van der Waals surface area contributed by atoms with E-state index in [-0.39, 0.29) is 29.5 Å². The van der Waals surface area contributed by atoms with E-state index in [1.165, 1.54) is 4.90 Å². The summed E-state index contributed by atoms with van der Waals surface area (Å²) in [6, 6.07) is -2.89. The van der Waals surface area contributed by atoms with Crippen LogP contribution < -0.4 is 10.6 Å². The summed E-state index contributed by atoms with van der Waals surface area (Å²) in [6.45, 7) is 5.83. The molecule has 1 fully saturated rings. The summed E-state index contributed by atoms with van der Waals surface area (Å²) in [5.41, 5.74) is 0.670. The predicted octanol–water partition coefficient (Wildman–Crippen LogP) is 2.41. The fraction of sp³-hybridized carbons (Fsp3) is 0.625. The van der Waals surface area contributed by atoms with Crippen molar-refractivity contribution >= 4 is 53.2 Å². The summed E-state index contributed by atoms with van der Waals surface area (Å²) < 4.78 is 0. The zero-order valence-corrected chi connectivity index (χ0v) is 21.8. The number of aliphatic carboxylic acids is 1. The molecule has 1 aliphatic rings. The molecule has 4 atom stereocenters. The van der Waals surface area contributed by atoms with Crippen molar-refractivity contribution in [3.8, 4) is 0 Å². The molecule has 0 aromatic carbocycles. The van der Waals surface area contributed by atoms with Crippen molar-refractivity contribution in [2.75, 3.05) is 12.4 Å². The van der Waals surface area contributed by atoms with E-state index in [2.05, 4.69) is 10.6 Å². The molecule has 9 nitrogen and oxygen atoms in total. The maximum Gasteiger partial charge on any atom is 0.305 e. The summed E-state index contributed by atoms with van der Waals surface area (Å²) in [6.07, 6.45) is 6.72. The Morgan fingerprint density at radius 3 is 2.43 bits per heavy atom. The number of halogens is 2. The quantitative estimate of drug-likeness (QED) is 0.179. The van der Waals surface area contributed by atoms with Gasteiger partial charge in [0.05, 0.1) is 24.3 Å². The molecule has 0 aliphatic carbocycles. The number of likely N-dealkylation sites (tertiary alicyclic amines) is 1. The molecule has 1 saturated heterocycles. The molecule has 3 amide bonds. The standard InChI is InChI=1S/C24H35Cl2N3O6/c1-4-17(26)8-7-16(9-10-25)12-20(31)28-22(15(2)3)24(35)29-11-5-6-19(29)23(34)27-18(14-30)13-21(32)33/h7-9,14-15,17-19,22H,4-6,10-13H2,1-3H3,(H,27,34)(H,28,31)(H,32,33)/b8-7-,16-9+/t17?,18-,19?,22-/m0/s1. The number of hydrogen-bond acceptors (Lipinski definition) is 5. The Balaban J connectivity index is 2.92. The van der Waals surface area contributed by atoms with Crippen molar-refractivity contribution in [1.29, 1.82) is 0 Å². The molecule has 0 radical (unpaired) electrons. The van der Waals surface area contributed by atoms with E-state index in [0.29, 0.717) is 31.2 Å². The van der Waals surface area contributed by atoms with Gasteiger partial charge in [0, 0.05) is 12.4 Å². The van der Waals surface area contributed by atoms with Crippen molar-refractivity contribution in [3.63, 3.8) is 0 Å². The number of carbonyl (C=O) groups excluding carboxylic acids is 4. The van der Waals surface area contributed by atoms with Gasteiger partial charge in [-0.25, -0.2) is 0 Å². The minimum Gasteiger partial charge on any atom is -0.481 e. The van der Waals surface area contributed by atoms with E-state index in [1.54, 1.807) is 32.1 Å². The number of carbonyl (C=O) groups is 5. The molecule has 0 bridgehead atoms. The topological polar surface area (TPSA) is 133 Å². The maximum atomic E-state index is 13.3. The van der Waals surface area contributed by atoms with Crippen molar-refractivity contribution < 1.29 is 29.1 Å². The van der Waals surface area contributed by atoms with Crippen LogP contribution in [0.1, 0.15) is 52.9 Å². The van der Waals surface area contributed by atoms with Crippen LogP contribution in [0.4, 0.5) is 0 Å². The fourth-order valence-corrected chi connectivity index (χ4v) is 3.94. The van der Waals surface area contributed by atoms with Gasteiger partial charge in [-0.05, 0) is 30.8 Å². The van der Waals surface area contributed by atoms with Crippen LogP contribution >= 0.6 is 23.2 Å². The van der Waals surface area contributed by atoms with Crippen LogP contribution in [0.2, 0.25) is 0 Å².